The molecule has 0 spiro atoms. The molecular weight excluding hydrogens is 280 g/mol. The van der Waals surface area contributed by atoms with E-state index in [1.165, 1.54) is 24.1 Å². The van der Waals surface area contributed by atoms with Crippen molar-refractivity contribution in [3.05, 3.63) is 23.4 Å². The number of nitrogens with zero attached hydrogens (tertiary/aromatic N) is 2. The van der Waals surface area contributed by atoms with Crippen LogP contribution in [0.1, 0.15) is 17.7 Å². The molecule has 4 heteroatoms. The minimum absolute atomic E-state index is 0.291. The summed E-state index contributed by atoms with van der Waals surface area (Å²) >= 11 is 3.49. The van der Waals surface area contributed by atoms with Crippen molar-refractivity contribution in [3.63, 3.8) is 0 Å². The van der Waals surface area contributed by atoms with E-state index >= 15 is 0 Å². The summed E-state index contributed by atoms with van der Waals surface area (Å²) < 4.78 is 5.66. The lowest BCUT2D eigenvalue weighted by molar-refractivity contribution is 0.0568. The van der Waals surface area contributed by atoms with Crippen molar-refractivity contribution >= 4 is 21.7 Å². The summed E-state index contributed by atoms with van der Waals surface area (Å²) in [6.45, 7) is 2.70. The molecule has 0 saturated carbocycles. The maximum Gasteiger partial charge on any atom is 0.128 e. The number of pyridine rings is 1. The van der Waals surface area contributed by atoms with E-state index in [0.717, 1.165) is 37.3 Å². The maximum absolute atomic E-state index is 5.66. The Balaban J connectivity index is 1.79. The van der Waals surface area contributed by atoms with Crippen molar-refractivity contribution in [2.75, 3.05) is 29.9 Å². The van der Waals surface area contributed by atoms with Gasteiger partial charge >= 0.3 is 0 Å². The van der Waals surface area contributed by atoms with E-state index in [-0.39, 0.29) is 0 Å². The number of aromatic nitrogens is 1. The minimum Gasteiger partial charge on any atom is -0.374 e. The summed E-state index contributed by atoms with van der Waals surface area (Å²) in [5.74, 6) is 1.12. The Hall–Kier alpha value is -0.610. The van der Waals surface area contributed by atoms with Gasteiger partial charge in [0.15, 0.2) is 0 Å². The second-order valence-electron chi connectivity index (χ2n) is 4.72. The Kier molecular flexibility index (Phi) is 3.34. The van der Waals surface area contributed by atoms with Gasteiger partial charge in [-0.25, -0.2) is 4.98 Å². The molecule has 0 amide bonds. The first-order valence-corrected chi connectivity index (χ1v) is 7.40. The van der Waals surface area contributed by atoms with Gasteiger partial charge in [0.2, 0.25) is 0 Å². The number of hydrogen-bond acceptors (Lipinski definition) is 3. The second-order valence-corrected chi connectivity index (χ2v) is 5.37. The molecule has 17 heavy (non-hydrogen) atoms. The molecule has 2 aliphatic rings. The lowest BCUT2D eigenvalue weighted by Gasteiger charge is -2.33. The van der Waals surface area contributed by atoms with Crippen LogP contribution in [0.5, 0.6) is 0 Å². The summed E-state index contributed by atoms with van der Waals surface area (Å²) in [5, 5.41) is 0.897. The van der Waals surface area contributed by atoms with Crippen LogP contribution in [0.15, 0.2) is 12.1 Å². The highest BCUT2D eigenvalue weighted by atomic mass is 79.9. The molecule has 1 unspecified atom stereocenters. The van der Waals surface area contributed by atoms with Gasteiger partial charge in [-0.1, -0.05) is 22.0 Å². The van der Waals surface area contributed by atoms with Crippen molar-refractivity contribution < 1.29 is 4.74 Å². The first-order chi connectivity index (χ1) is 8.36. The van der Waals surface area contributed by atoms with Gasteiger partial charge in [0, 0.05) is 24.1 Å². The molecule has 0 aromatic carbocycles. The van der Waals surface area contributed by atoms with E-state index in [2.05, 4.69) is 33.0 Å². The molecule has 1 aliphatic heterocycles. The van der Waals surface area contributed by atoms with Crippen LogP contribution in [0.2, 0.25) is 0 Å². The molecule has 0 N–H and O–H groups in total. The number of halogens is 1. The molecule has 1 aliphatic carbocycles. The van der Waals surface area contributed by atoms with E-state index in [1.54, 1.807) is 0 Å². The van der Waals surface area contributed by atoms with E-state index in [1.807, 2.05) is 0 Å². The van der Waals surface area contributed by atoms with Crippen molar-refractivity contribution in [3.8, 4) is 0 Å². The minimum atomic E-state index is 0.291. The van der Waals surface area contributed by atoms with Gasteiger partial charge in [-0.05, 0) is 30.9 Å². The number of anilines is 1. The molecule has 1 atom stereocenters. The number of fused-ring (bicyclic) bond motifs is 1. The summed E-state index contributed by atoms with van der Waals surface area (Å²) in [4.78, 5) is 7.14. The molecule has 0 radical (unpaired) electrons. The van der Waals surface area contributed by atoms with Gasteiger partial charge in [-0.3, -0.25) is 0 Å². The molecule has 2 heterocycles. The summed E-state index contributed by atoms with van der Waals surface area (Å²) in [6, 6.07) is 4.42. The fourth-order valence-corrected chi connectivity index (χ4v) is 3.00. The number of hydrogen-bond donors (Lipinski definition) is 0. The first kappa shape index (κ1) is 11.5. The van der Waals surface area contributed by atoms with Crippen LogP contribution in [0, 0.1) is 0 Å². The van der Waals surface area contributed by atoms with Gasteiger partial charge in [0.1, 0.15) is 5.82 Å². The quantitative estimate of drug-likeness (QED) is 0.782. The predicted molar refractivity (Wildman–Crippen MR) is 72.0 cm³/mol. The predicted octanol–water partition coefficient (Wildman–Crippen LogP) is 2.17. The monoisotopic (exact) mass is 296 g/mol. The normalized spacial score (nSPS) is 23.8. The van der Waals surface area contributed by atoms with Gasteiger partial charge < -0.3 is 9.64 Å². The zero-order valence-corrected chi connectivity index (χ0v) is 11.4. The average molecular weight is 297 g/mol. The maximum atomic E-state index is 5.66. The van der Waals surface area contributed by atoms with Crippen LogP contribution < -0.4 is 4.90 Å². The highest BCUT2D eigenvalue weighted by Gasteiger charge is 2.22. The molecule has 92 valence electrons. The SMILES string of the molecule is BrCC1CN(c2ccc3c(n2)CCC3)CCO1. The Morgan fingerprint density at radius 3 is 3.24 bits per heavy atom. The van der Waals surface area contributed by atoms with Crippen LogP contribution in [0.4, 0.5) is 5.82 Å². The smallest absolute Gasteiger partial charge is 0.128 e. The van der Waals surface area contributed by atoms with Crippen molar-refractivity contribution in [2.45, 2.75) is 25.4 Å². The number of alkyl halides is 1. The Morgan fingerprint density at radius 1 is 1.41 bits per heavy atom. The average Bonchev–Trinajstić information content (AvgIpc) is 2.86. The third-order valence-corrected chi connectivity index (χ3v) is 4.27. The second kappa shape index (κ2) is 4.94. The highest BCUT2D eigenvalue weighted by molar-refractivity contribution is 9.09. The number of rotatable bonds is 2. The summed E-state index contributed by atoms with van der Waals surface area (Å²) in [6.07, 6.45) is 3.91. The Bertz CT molecular complexity index is 410. The molecule has 1 aromatic rings. The first-order valence-electron chi connectivity index (χ1n) is 6.28. The van der Waals surface area contributed by atoms with Crippen LogP contribution in [0.3, 0.4) is 0 Å². The van der Waals surface area contributed by atoms with E-state index < -0.39 is 0 Å². The van der Waals surface area contributed by atoms with Gasteiger partial charge in [-0.2, -0.15) is 0 Å². The third-order valence-electron chi connectivity index (χ3n) is 3.55. The fraction of sp³-hybridized carbons (Fsp3) is 0.615. The molecule has 1 fully saturated rings. The third kappa shape index (κ3) is 2.33. The molecule has 3 rings (SSSR count). The standard InChI is InChI=1S/C13H17BrN2O/c14-8-11-9-16(6-7-17-11)13-5-4-10-2-1-3-12(10)15-13/h4-5,11H,1-3,6-9H2. The van der Waals surface area contributed by atoms with Crippen molar-refractivity contribution in [2.24, 2.45) is 0 Å². The van der Waals surface area contributed by atoms with Gasteiger partial charge in [-0.15, -0.1) is 0 Å². The van der Waals surface area contributed by atoms with Crippen molar-refractivity contribution in [1.29, 1.82) is 0 Å². The van der Waals surface area contributed by atoms with Crippen LogP contribution in [-0.2, 0) is 17.6 Å². The van der Waals surface area contributed by atoms with E-state index in [4.69, 9.17) is 9.72 Å². The van der Waals surface area contributed by atoms with Gasteiger partial charge in [0.05, 0.1) is 12.7 Å². The van der Waals surface area contributed by atoms with Crippen LogP contribution >= 0.6 is 15.9 Å². The van der Waals surface area contributed by atoms with Gasteiger partial charge in [0.25, 0.3) is 0 Å². The lowest BCUT2D eigenvalue weighted by atomic mass is 10.2. The van der Waals surface area contributed by atoms with Crippen LogP contribution in [-0.4, -0.2) is 36.1 Å². The number of ether oxygens (including phenoxy) is 1. The largest absolute Gasteiger partial charge is 0.374 e. The lowest BCUT2D eigenvalue weighted by Crippen LogP contribution is -2.43. The molecule has 3 nitrogen and oxygen atoms in total. The molecular formula is C13H17BrN2O. The zero-order valence-electron chi connectivity index (χ0n) is 9.86. The fourth-order valence-electron chi connectivity index (χ4n) is 2.61. The number of aryl methyl sites for hydroxylation is 2. The number of morpholine rings is 1. The molecule has 0 bridgehead atoms. The Labute approximate surface area is 110 Å². The van der Waals surface area contributed by atoms with E-state index in [0.29, 0.717) is 6.10 Å². The van der Waals surface area contributed by atoms with Crippen LogP contribution in [0.25, 0.3) is 0 Å². The molecule has 1 aromatic heterocycles. The van der Waals surface area contributed by atoms with E-state index in [9.17, 15) is 0 Å². The summed E-state index contributed by atoms with van der Waals surface area (Å²) in [5.41, 5.74) is 2.75. The Morgan fingerprint density at radius 2 is 2.35 bits per heavy atom. The summed E-state index contributed by atoms with van der Waals surface area (Å²) in [7, 11) is 0. The highest BCUT2D eigenvalue weighted by Crippen LogP contribution is 2.24. The molecule has 1 saturated heterocycles. The van der Waals surface area contributed by atoms with Crippen molar-refractivity contribution in [1.82, 2.24) is 4.98 Å². The zero-order chi connectivity index (χ0) is 11.7. The topological polar surface area (TPSA) is 25.4 Å².